The van der Waals surface area contributed by atoms with E-state index in [-0.39, 0.29) is 11.7 Å². The van der Waals surface area contributed by atoms with Crippen molar-refractivity contribution in [3.8, 4) is 5.75 Å². The first-order chi connectivity index (χ1) is 11.8. The molecule has 0 spiro atoms. The molecular weight excluding hydrogens is 315 g/mol. The second kappa shape index (κ2) is 11.3. The van der Waals surface area contributed by atoms with Crippen LogP contribution in [0.1, 0.15) is 77.3 Å². The number of unbranched alkanes of at least 4 members (excludes halogenated alkanes) is 4. The summed E-state index contributed by atoms with van der Waals surface area (Å²) in [6, 6.07) is 3.71. The Morgan fingerprint density at radius 3 is 2.32 bits per heavy atom. The quantitative estimate of drug-likeness (QED) is 0.415. The average Bonchev–Trinajstić information content (AvgIpc) is 2.54. The summed E-state index contributed by atoms with van der Waals surface area (Å²) in [5, 5.41) is 0. The van der Waals surface area contributed by atoms with E-state index in [9.17, 15) is 9.18 Å². The van der Waals surface area contributed by atoms with Gasteiger partial charge in [-0.05, 0) is 49.3 Å². The van der Waals surface area contributed by atoms with Gasteiger partial charge in [-0.15, -0.1) is 0 Å². The zero-order chi connectivity index (χ0) is 18.8. The van der Waals surface area contributed by atoms with Gasteiger partial charge in [0.25, 0.3) is 0 Å². The van der Waals surface area contributed by atoms with Crippen LogP contribution in [0.5, 0.6) is 5.75 Å². The van der Waals surface area contributed by atoms with Crippen LogP contribution >= 0.6 is 0 Å². The molecule has 0 atom stereocenters. The van der Waals surface area contributed by atoms with Crippen molar-refractivity contribution in [1.29, 1.82) is 0 Å². The summed E-state index contributed by atoms with van der Waals surface area (Å²) in [6.45, 7) is 10.5. The van der Waals surface area contributed by atoms with Crippen LogP contribution < -0.4 is 4.74 Å². The Morgan fingerprint density at radius 2 is 1.68 bits per heavy atom. The molecule has 0 heterocycles. The van der Waals surface area contributed by atoms with E-state index in [2.05, 4.69) is 13.8 Å². The Hall–Kier alpha value is -1.38. The molecule has 0 fully saturated rings. The van der Waals surface area contributed by atoms with Crippen LogP contribution in [0.2, 0.25) is 0 Å². The van der Waals surface area contributed by atoms with E-state index in [1.54, 1.807) is 6.07 Å². The van der Waals surface area contributed by atoms with E-state index >= 15 is 0 Å². The second-order valence-corrected chi connectivity index (χ2v) is 7.83. The van der Waals surface area contributed by atoms with Crippen molar-refractivity contribution >= 4 is 5.78 Å². The monoisotopic (exact) mass is 350 g/mol. The van der Waals surface area contributed by atoms with E-state index in [1.165, 1.54) is 0 Å². The summed E-state index contributed by atoms with van der Waals surface area (Å²) in [4.78, 5) is 11.6. The first kappa shape index (κ1) is 21.7. The third-order valence-corrected chi connectivity index (χ3v) is 4.34. The van der Waals surface area contributed by atoms with Crippen LogP contribution in [0, 0.1) is 24.6 Å². The molecule has 0 unspecified atom stereocenters. The molecule has 142 valence electrons. The van der Waals surface area contributed by atoms with Gasteiger partial charge in [0.2, 0.25) is 0 Å². The first-order valence-electron chi connectivity index (χ1n) is 9.75. The van der Waals surface area contributed by atoms with Gasteiger partial charge in [-0.25, -0.2) is 4.39 Å². The van der Waals surface area contributed by atoms with Gasteiger partial charge in [-0.1, -0.05) is 53.0 Å². The molecule has 3 heteroatoms. The van der Waals surface area contributed by atoms with Crippen molar-refractivity contribution in [2.45, 2.75) is 79.6 Å². The third kappa shape index (κ3) is 8.51. The fourth-order valence-electron chi connectivity index (χ4n) is 2.79. The van der Waals surface area contributed by atoms with E-state index in [1.807, 2.05) is 26.8 Å². The molecule has 0 aliphatic heterocycles. The minimum absolute atomic E-state index is 0.149. The van der Waals surface area contributed by atoms with Gasteiger partial charge >= 0.3 is 0 Å². The lowest BCUT2D eigenvalue weighted by atomic mass is 10.00. The molecule has 0 bridgehead atoms. The van der Waals surface area contributed by atoms with E-state index in [0.29, 0.717) is 30.5 Å². The van der Waals surface area contributed by atoms with Crippen LogP contribution in [0.3, 0.4) is 0 Å². The van der Waals surface area contributed by atoms with Crippen molar-refractivity contribution in [1.82, 2.24) is 0 Å². The highest BCUT2D eigenvalue weighted by Gasteiger charge is 2.11. The number of carbonyl (C=O) groups is 1. The van der Waals surface area contributed by atoms with Crippen LogP contribution in [0.4, 0.5) is 4.39 Å². The lowest BCUT2D eigenvalue weighted by Crippen LogP contribution is -2.07. The van der Waals surface area contributed by atoms with Crippen LogP contribution in [-0.2, 0) is 11.2 Å². The van der Waals surface area contributed by atoms with Gasteiger partial charge in [0, 0.05) is 12.3 Å². The highest BCUT2D eigenvalue weighted by molar-refractivity contribution is 5.80. The van der Waals surface area contributed by atoms with Crippen molar-refractivity contribution in [2.75, 3.05) is 6.61 Å². The Morgan fingerprint density at radius 1 is 1.04 bits per heavy atom. The van der Waals surface area contributed by atoms with Gasteiger partial charge in [-0.2, -0.15) is 0 Å². The molecule has 0 N–H and O–H groups in total. The Bertz CT molecular complexity index is 535. The van der Waals surface area contributed by atoms with Crippen molar-refractivity contribution in [3.05, 3.63) is 29.1 Å². The topological polar surface area (TPSA) is 26.3 Å². The summed E-state index contributed by atoms with van der Waals surface area (Å²) >= 11 is 0. The fourth-order valence-corrected chi connectivity index (χ4v) is 2.79. The SMILES string of the molecule is Cc1cc(CCCCCCCC(=O)C(C)C)c(F)c(OCC(C)C)c1. The number of hydrogen-bond donors (Lipinski definition) is 0. The molecule has 2 nitrogen and oxygen atoms in total. The summed E-state index contributed by atoms with van der Waals surface area (Å²) in [5.41, 5.74) is 1.80. The van der Waals surface area contributed by atoms with Crippen LogP contribution in [0.25, 0.3) is 0 Å². The molecule has 0 aromatic heterocycles. The van der Waals surface area contributed by atoms with Crippen LogP contribution in [0.15, 0.2) is 12.1 Å². The van der Waals surface area contributed by atoms with Gasteiger partial charge in [-0.3, -0.25) is 4.79 Å². The maximum Gasteiger partial charge on any atom is 0.168 e. The first-order valence-corrected chi connectivity index (χ1v) is 9.75. The molecule has 0 saturated heterocycles. The minimum Gasteiger partial charge on any atom is -0.490 e. The summed E-state index contributed by atoms with van der Waals surface area (Å²) in [6.07, 6.45) is 6.65. The lowest BCUT2D eigenvalue weighted by Gasteiger charge is -2.13. The van der Waals surface area contributed by atoms with Crippen molar-refractivity contribution < 1.29 is 13.9 Å². The number of Topliss-reactive ketones (excluding diaryl/α,β-unsaturated/α-hetero) is 1. The minimum atomic E-state index is -0.200. The summed E-state index contributed by atoms with van der Waals surface area (Å²) in [5.74, 6) is 1.07. The lowest BCUT2D eigenvalue weighted by molar-refractivity contribution is -0.122. The molecule has 0 saturated carbocycles. The Balaban J connectivity index is 2.36. The summed E-state index contributed by atoms with van der Waals surface area (Å²) < 4.78 is 20.1. The van der Waals surface area contributed by atoms with E-state index < -0.39 is 0 Å². The molecule has 0 aliphatic rings. The number of benzene rings is 1. The molecule has 25 heavy (non-hydrogen) atoms. The predicted octanol–water partition coefficient (Wildman–Crippen LogP) is 6.28. The molecule has 0 radical (unpaired) electrons. The van der Waals surface area contributed by atoms with Gasteiger partial charge < -0.3 is 4.74 Å². The standard InChI is InChI=1S/C22H35FO2/c1-16(2)15-25-21-14-18(5)13-19(22(21)23)11-9-7-6-8-10-12-20(24)17(3)4/h13-14,16-17H,6-12,15H2,1-5H3. The maximum atomic E-state index is 14.5. The molecule has 1 aromatic rings. The number of ether oxygens (including phenoxy) is 1. The van der Waals surface area contributed by atoms with E-state index in [4.69, 9.17) is 4.74 Å². The van der Waals surface area contributed by atoms with E-state index in [0.717, 1.165) is 49.7 Å². The molecule has 0 aliphatic carbocycles. The second-order valence-electron chi connectivity index (χ2n) is 7.83. The number of hydrogen-bond acceptors (Lipinski definition) is 2. The normalized spacial score (nSPS) is 11.4. The van der Waals surface area contributed by atoms with Crippen LogP contribution in [-0.4, -0.2) is 12.4 Å². The molecule has 0 amide bonds. The number of carbonyl (C=O) groups excluding carboxylic acids is 1. The van der Waals surface area contributed by atoms with Gasteiger partial charge in [0.1, 0.15) is 5.78 Å². The van der Waals surface area contributed by atoms with Crippen molar-refractivity contribution in [2.24, 2.45) is 11.8 Å². The number of aryl methyl sites for hydroxylation is 2. The average molecular weight is 351 g/mol. The largest absolute Gasteiger partial charge is 0.490 e. The number of ketones is 1. The predicted molar refractivity (Wildman–Crippen MR) is 103 cm³/mol. The van der Waals surface area contributed by atoms with Crippen molar-refractivity contribution in [3.63, 3.8) is 0 Å². The number of halogens is 1. The zero-order valence-corrected chi connectivity index (χ0v) is 16.7. The Labute approximate surface area is 153 Å². The molecular formula is C22H35FO2. The highest BCUT2D eigenvalue weighted by atomic mass is 19.1. The molecule has 1 rings (SSSR count). The molecule has 1 aromatic carbocycles. The Kier molecular flexibility index (Phi) is 9.77. The fraction of sp³-hybridized carbons (Fsp3) is 0.682. The number of rotatable bonds is 12. The third-order valence-electron chi connectivity index (χ3n) is 4.34. The van der Waals surface area contributed by atoms with Gasteiger partial charge in [0.05, 0.1) is 6.61 Å². The van der Waals surface area contributed by atoms with Gasteiger partial charge in [0.15, 0.2) is 11.6 Å². The summed E-state index contributed by atoms with van der Waals surface area (Å²) in [7, 11) is 0. The maximum absolute atomic E-state index is 14.5. The smallest absolute Gasteiger partial charge is 0.168 e. The zero-order valence-electron chi connectivity index (χ0n) is 16.7. The highest BCUT2D eigenvalue weighted by Crippen LogP contribution is 2.25.